The number of hydrogen-bond acceptors (Lipinski definition) is 1. The number of allylic oxidation sites excluding steroid dienone is 1. The molecule has 0 aliphatic heterocycles. The highest BCUT2D eigenvalue weighted by atomic mass is 32.1. The van der Waals surface area contributed by atoms with Gasteiger partial charge in [0.2, 0.25) is 0 Å². The summed E-state index contributed by atoms with van der Waals surface area (Å²) in [5.41, 5.74) is 3.98. The number of hydrogen-bond donors (Lipinski definition) is 0. The molecule has 0 spiro atoms. The van der Waals surface area contributed by atoms with Crippen LogP contribution in [0.3, 0.4) is 0 Å². The number of fused-ring (bicyclic) bond motifs is 1. The summed E-state index contributed by atoms with van der Waals surface area (Å²) in [6.45, 7) is 4.32. The molecule has 0 N–H and O–H groups in total. The van der Waals surface area contributed by atoms with Gasteiger partial charge in [-0.3, -0.25) is 0 Å². The zero-order chi connectivity index (χ0) is 13.9. The Labute approximate surface area is 124 Å². The molecule has 0 saturated heterocycles. The summed E-state index contributed by atoms with van der Waals surface area (Å²) >= 11 is 1.92. The van der Waals surface area contributed by atoms with Crippen molar-refractivity contribution >= 4 is 27.5 Å². The molecule has 20 heavy (non-hydrogen) atoms. The van der Waals surface area contributed by atoms with Crippen molar-refractivity contribution < 1.29 is 0 Å². The smallest absolute Gasteiger partial charge is 0.0358 e. The summed E-state index contributed by atoms with van der Waals surface area (Å²) in [7, 11) is 0. The van der Waals surface area contributed by atoms with Crippen molar-refractivity contribution in [1.82, 2.24) is 0 Å². The monoisotopic (exact) mass is 278 g/mol. The summed E-state index contributed by atoms with van der Waals surface area (Å²) in [5, 5.41) is 1.38. The van der Waals surface area contributed by atoms with Crippen LogP contribution in [0.2, 0.25) is 0 Å². The highest BCUT2D eigenvalue weighted by Gasteiger charge is 2.09. The Balaban J connectivity index is 2.18. The minimum atomic E-state index is 1.10. The number of aryl methyl sites for hydroxylation is 1. The second kappa shape index (κ2) is 5.64. The molecule has 1 aromatic heterocycles. The predicted octanol–water partition coefficient (Wildman–Crippen LogP) is 6.16. The Morgan fingerprint density at radius 1 is 1.00 bits per heavy atom. The number of rotatable bonds is 3. The normalized spacial score (nSPS) is 11.5. The summed E-state index contributed by atoms with van der Waals surface area (Å²) < 4.78 is 1.39. The highest BCUT2D eigenvalue weighted by Crippen LogP contribution is 2.35. The fourth-order valence-corrected chi connectivity index (χ4v) is 3.76. The Morgan fingerprint density at radius 3 is 2.50 bits per heavy atom. The second-order valence-corrected chi connectivity index (χ2v) is 6.01. The van der Waals surface area contributed by atoms with Crippen LogP contribution in [-0.2, 0) is 6.42 Å². The molecule has 1 heterocycles. The lowest BCUT2D eigenvalue weighted by Crippen LogP contribution is -1.78. The van der Waals surface area contributed by atoms with Gasteiger partial charge in [-0.1, -0.05) is 61.5 Å². The molecule has 1 heteroatoms. The first-order chi connectivity index (χ1) is 9.83. The van der Waals surface area contributed by atoms with Crippen LogP contribution < -0.4 is 0 Å². The lowest BCUT2D eigenvalue weighted by Gasteiger charge is -2.01. The van der Waals surface area contributed by atoms with Gasteiger partial charge in [-0.05, 0) is 41.5 Å². The third-order valence-corrected chi connectivity index (χ3v) is 4.88. The van der Waals surface area contributed by atoms with Gasteiger partial charge in [-0.25, -0.2) is 0 Å². The van der Waals surface area contributed by atoms with Gasteiger partial charge in [0.05, 0.1) is 0 Å². The van der Waals surface area contributed by atoms with Crippen LogP contribution in [0, 0.1) is 0 Å². The van der Waals surface area contributed by atoms with Crippen LogP contribution in [0.4, 0.5) is 0 Å². The quantitative estimate of drug-likeness (QED) is 0.538. The predicted molar refractivity (Wildman–Crippen MR) is 91.3 cm³/mol. The fourth-order valence-electron chi connectivity index (χ4n) is 2.59. The molecule has 0 aliphatic carbocycles. The molecule has 0 aliphatic rings. The molecule has 0 saturated carbocycles. The van der Waals surface area contributed by atoms with Crippen LogP contribution in [0.15, 0.2) is 54.6 Å². The van der Waals surface area contributed by atoms with Crippen molar-refractivity contribution in [1.29, 1.82) is 0 Å². The van der Waals surface area contributed by atoms with E-state index in [0.717, 1.165) is 6.42 Å². The van der Waals surface area contributed by atoms with E-state index in [9.17, 15) is 0 Å². The van der Waals surface area contributed by atoms with Gasteiger partial charge in [0.25, 0.3) is 0 Å². The minimum Gasteiger partial charge on any atom is -0.140 e. The summed E-state index contributed by atoms with van der Waals surface area (Å²) in [5.74, 6) is 0. The minimum absolute atomic E-state index is 1.10. The highest BCUT2D eigenvalue weighted by molar-refractivity contribution is 7.19. The van der Waals surface area contributed by atoms with Crippen molar-refractivity contribution in [3.63, 3.8) is 0 Å². The molecule has 0 nitrogen and oxygen atoms in total. The van der Waals surface area contributed by atoms with Gasteiger partial charge in [0, 0.05) is 9.58 Å². The van der Waals surface area contributed by atoms with E-state index in [1.54, 1.807) is 0 Å². The Bertz CT molecular complexity index is 748. The fraction of sp³-hybridized carbons (Fsp3) is 0.158. The van der Waals surface area contributed by atoms with Crippen LogP contribution in [0.25, 0.3) is 27.3 Å². The molecule has 2 aromatic carbocycles. The van der Waals surface area contributed by atoms with E-state index in [4.69, 9.17) is 0 Å². The van der Waals surface area contributed by atoms with Crippen molar-refractivity contribution in [2.24, 2.45) is 0 Å². The molecular formula is C19H18S. The zero-order valence-corrected chi connectivity index (χ0v) is 12.7. The van der Waals surface area contributed by atoms with Gasteiger partial charge < -0.3 is 0 Å². The Hall–Kier alpha value is -1.86. The number of thiophene rings is 1. The van der Waals surface area contributed by atoms with Crippen LogP contribution in [0.5, 0.6) is 0 Å². The third kappa shape index (κ3) is 2.30. The molecule has 0 radical (unpaired) electrons. The van der Waals surface area contributed by atoms with Crippen LogP contribution in [0.1, 0.15) is 24.3 Å². The van der Waals surface area contributed by atoms with Crippen molar-refractivity contribution in [2.45, 2.75) is 20.3 Å². The van der Waals surface area contributed by atoms with E-state index in [0.29, 0.717) is 0 Å². The maximum Gasteiger partial charge on any atom is 0.0358 e. The second-order valence-electron chi connectivity index (χ2n) is 4.87. The van der Waals surface area contributed by atoms with Crippen LogP contribution in [-0.4, -0.2) is 0 Å². The van der Waals surface area contributed by atoms with Gasteiger partial charge in [-0.15, -0.1) is 11.3 Å². The standard InChI is InChI=1S/C19H18S/c1-3-8-16-17-12-11-15(14-9-6-5-7-10-14)13-19(17)20-18(16)4-2/h3,5-13H,4H2,1-2H3/b8-3-. The van der Waals surface area contributed by atoms with Gasteiger partial charge in [0.15, 0.2) is 0 Å². The molecule has 0 fully saturated rings. The summed E-state index contributed by atoms with van der Waals surface area (Å²) in [6, 6.07) is 17.4. The molecule has 3 aromatic rings. The van der Waals surface area contributed by atoms with Crippen molar-refractivity contribution in [3.8, 4) is 11.1 Å². The average molecular weight is 278 g/mol. The van der Waals surface area contributed by atoms with Gasteiger partial charge in [-0.2, -0.15) is 0 Å². The van der Waals surface area contributed by atoms with E-state index in [2.05, 4.69) is 74.5 Å². The van der Waals surface area contributed by atoms with Crippen molar-refractivity contribution in [2.75, 3.05) is 0 Å². The maximum absolute atomic E-state index is 2.32. The first-order valence-corrected chi connectivity index (χ1v) is 7.88. The molecule has 3 rings (SSSR count). The lowest BCUT2D eigenvalue weighted by molar-refractivity contribution is 1.18. The Kier molecular flexibility index (Phi) is 3.70. The first-order valence-electron chi connectivity index (χ1n) is 7.07. The molecule has 0 amide bonds. The largest absolute Gasteiger partial charge is 0.140 e. The van der Waals surface area contributed by atoms with E-state index >= 15 is 0 Å². The van der Waals surface area contributed by atoms with Gasteiger partial charge in [0.1, 0.15) is 0 Å². The molecular weight excluding hydrogens is 260 g/mol. The van der Waals surface area contributed by atoms with E-state index in [1.807, 2.05) is 11.3 Å². The third-order valence-electron chi connectivity index (χ3n) is 3.57. The summed E-state index contributed by atoms with van der Waals surface area (Å²) in [4.78, 5) is 1.48. The molecule has 0 unspecified atom stereocenters. The molecule has 0 bridgehead atoms. The summed E-state index contributed by atoms with van der Waals surface area (Å²) in [6.07, 6.45) is 5.46. The molecule has 0 atom stereocenters. The Morgan fingerprint density at radius 2 is 1.80 bits per heavy atom. The number of benzene rings is 2. The van der Waals surface area contributed by atoms with E-state index in [1.165, 1.54) is 31.7 Å². The first kappa shape index (κ1) is 13.1. The van der Waals surface area contributed by atoms with Gasteiger partial charge >= 0.3 is 0 Å². The van der Waals surface area contributed by atoms with E-state index in [-0.39, 0.29) is 0 Å². The topological polar surface area (TPSA) is 0 Å². The zero-order valence-electron chi connectivity index (χ0n) is 11.9. The van der Waals surface area contributed by atoms with Crippen molar-refractivity contribution in [3.05, 3.63) is 65.0 Å². The lowest BCUT2D eigenvalue weighted by atomic mass is 10.0. The van der Waals surface area contributed by atoms with Crippen LogP contribution >= 0.6 is 11.3 Å². The maximum atomic E-state index is 2.32. The SMILES string of the molecule is C/C=C\c1c(CC)sc2cc(-c3ccccc3)ccc12. The van der Waals surface area contributed by atoms with E-state index < -0.39 is 0 Å². The molecule has 100 valence electrons. The average Bonchev–Trinajstić information content (AvgIpc) is 2.86.